The minimum atomic E-state index is -0.326. The lowest BCUT2D eigenvalue weighted by Gasteiger charge is -2.04. The second-order valence-corrected chi connectivity index (χ2v) is 5.74. The molecule has 0 unspecified atom stereocenters. The summed E-state index contributed by atoms with van der Waals surface area (Å²) in [5, 5.41) is 6.64. The van der Waals surface area contributed by atoms with Gasteiger partial charge in [-0.25, -0.2) is 5.43 Å². The molecule has 6 nitrogen and oxygen atoms in total. The highest BCUT2D eigenvalue weighted by Crippen LogP contribution is 2.10. The molecule has 0 bridgehead atoms. The lowest BCUT2D eigenvalue weighted by Crippen LogP contribution is -2.26. The number of carbonyl (C=O) groups is 2. The normalized spacial score (nSPS) is 11.1. The summed E-state index contributed by atoms with van der Waals surface area (Å²) in [6, 6.07) is 10.4. The number of hydrogen-bond acceptors (Lipinski definition) is 4. The Balaban J connectivity index is 1.79. The Bertz CT molecular complexity index is 694. The van der Waals surface area contributed by atoms with E-state index in [1.807, 2.05) is 0 Å². The SMILES string of the molecule is CC(CC(=O)NCc1ccco1)=NNC(=O)c1ccc(Br)cc1. The van der Waals surface area contributed by atoms with E-state index >= 15 is 0 Å². The van der Waals surface area contributed by atoms with E-state index in [0.29, 0.717) is 23.6 Å². The molecule has 1 aromatic carbocycles. The van der Waals surface area contributed by atoms with E-state index in [-0.39, 0.29) is 18.2 Å². The van der Waals surface area contributed by atoms with Crippen molar-refractivity contribution in [1.29, 1.82) is 0 Å². The Morgan fingerprint density at radius 2 is 1.96 bits per heavy atom. The Labute approximate surface area is 142 Å². The van der Waals surface area contributed by atoms with Gasteiger partial charge in [-0.05, 0) is 43.3 Å². The van der Waals surface area contributed by atoms with Gasteiger partial charge in [0.1, 0.15) is 5.76 Å². The molecule has 0 aliphatic heterocycles. The number of amides is 2. The molecule has 7 heteroatoms. The van der Waals surface area contributed by atoms with Crippen molar-refractivity contribution in [3.63, 3.8) is 0 Å². The van der Waals surface area contributed by atoms with Crippen molar-refractivity contribution in [3.05, 3.63) is 58.5 Å². The number of nitrogens with zero attached hydrogens (tertiary/aromatic N) is 1. The second kappa shape index (κ2) is 8.28. The third-order valence-corrected chi connectivity index (χ3v) is 3.44. The summed E-state index contributed by atoms with van der Waals surface area (Å²) in [6.07, 6.45) is 1.65. The number of benzene rings is 1. The molecule has 0 aliphatic rings. The maximum Gasteiger partial charge on any atom is 0.271 e. The van der Waals surface area contributed by atoms with E-state index in [0.717, 1.165) is 4.47 Å². The molecule has 1 heterocycles. The largest absolute Gasteiger partial charge is 0.467 e. The fourth-order valence-electron chi connectivity index (χ4n) is 1.75. The van der Waals surface area contributed by atoms with E-state index < -0.39 is 0 Å². The van der Waals surface area contributed by atoms with Gasteiger partial charge in [0, 0.05) is 15.7 Å². The van der Waals surface area contributed by atoms with Crippen LogP contribution in [0.4, 0.5) is 0 Å². The molecular weight excluding hydrogens is 362 g/mol. The van der Waals surface area contributed by atoms with Gasteiger partial charge in [0.15, 0.2) is 0 Å². The summed E-state index contributed by atoms with van der Waals surface area (Å²) in [6.45, 7) is 2.00. The predicted molar refractivity (Wildman–Crippen MR) is 89.9 cm³/mol. The monoisotopic (exact) mass is 377 g/mol. The van der Waals surface area contributed by atoms with E-state index in [1.54, 1.807) is 49.6 Å². The maximum atomic E-state index is 11.9. The van der Waals surface area contributed by atoms with Crippen LogP contribution >= 0.6 is 15.9 Å². The number of nitrogens with one attached hydrogen (secondary N) is 2. The van der Waals surface area contributed by atoms with Gasteiger partial charge >= 0.3 is 0 Å². The second-order valence-electron chi connectivity index (χ2n) is 4.83. The highest BCUT2D eigenvalue weighted by molar-refractivity contribution is 9.10. The number of halogens is 1. The van der Waals surface area contributed by atoms with Gasteiger partial charge in [-0.1, -0.05) is 15.9 Å². The van der Waals surface area contributed by atoms with Crippen molar-refractivity contribution < 1.29 is 14.0 Å². The summed E-state index contributed by atoms with van der Waals surface area (Å²) in [4.78, 5) is 23.6. The highest BCUT2D eigenvalue weighted by Gasteiger charge is 2.07. The van der Waals surface area contributed by atoms with Crippen molar-refractivity contribution in [2.45, 2.75) is 19.9 Å². The van der Waals surface area contributed by atoms with Gasteiger partial charge in [0.2, 0.25) is 5.91 Å². The van der Waals surface area contributed by atoms with Crippen LogP contribution in [0.1, 0.15) is 29.5 Å². The average molecular weight is 378 g/mol. The first-order chi connectivity index (χ1) is 11.0. The third-order valence-electron chi connectivity index (χ3n) is 2.91. The quantitative estimate of drug-likeness (QED) is 0.599. The van der Waals surface area contributed by atoms with Gasteiger partial charge in [0.05, 0.1) is 19.2 Å². The molecule has 0 fully saturated rings. The van der Waals surface area contributed by atoms with Crippen molar-refractivity contribution in [2.75, 3.05) is 0 Å². The van der Waals surface area contributed by atoms with Crippen LogP contribution in [0, 0.1) is 0 Å². The fraction of sp³-hybridized carbons (Fsp3) is 0.188. The molecule has 0 aliphatic carbocycles. The van der Waals surface area contributed by atoms with Crippen LogP contribution in [0.15, 0.2) is 56.7 Å². The van der Waals surface area contributed by atoms with E-state index in [4.69, 9.17) is 4.42 Å². The average Bonchev–Trinajstić information content (AvgIpc) is 3.05. The molecule has 0 spiro atoms. The third kappa shape index (κ3) is 5.71. The molecule has 0 radical (unpaired) electrons. The van der Waals surface area contributed by atoms with Crippen LogP contribution in [0.2, 0.25) is 0 Å². The highest BCUT2D eigenvalue weighted by atomic mass is 79.9. The molecule has 23 heavy (non-hydrogen) atoms. The zero-order valence-corrected chi connectivity index (χ0v) is 14.1. The lowest BCUT2D eigenvalue weighted by atomic mass is 10.2. The predicted octanol–water partition coefficient (Wildman–Crippen LogP) is 2.85. The molecule has 0 saturated carbocycles. The molecule has 1 aromatic heterocycles. The Morgan fingerprint density at radius 1 is 1.22 bits per heavy atom. The van der Waals surface area contributed by atoms with Crippen molar-refractivity contribution in [1.82, 2.24) is 10.7 Å². The molecule has 0 atom stereocenters. The number of carbonyl (C=O) groups excluding carboxylic acids is 2. The number of furan rings is 1. The molecule has 2 amide bonds. The van der Waals surface area contributed by atoms with Crippen LogP contribution in [0.3, 0.4) is 0 Å². The Hall–Kier alpha value is -2.41. The van der Waals surface area contributed by atoms with Crippen LogP contribution in [0.25, 0.3) is 0 Å². The summed E-state index contributed by atoms with van der Waals surface area (Å²) >= 11 is 3.30. The molecule has 0 saturated heterocycles. The molecule has 2 aromatic rings. The first-order valence-corrected chi connectivity index (χ1v) is 7.72. The Morgan fingerprint density at radius 3 is 2.61 bits per heavy atom. The molecular formula is C16H16BrN3O3. The first-order valence-electron chi connectivity index (χ1n) is 6.93. The van der Waals surface area contributed by atoms with Crippen LogP contribution < -0.4 is 10.7 Å². The van der Waals surface area contributed by atoms with Crippen LogP contribution in [0.5, 0.6) is 0 Å². The van der Waals surface area contributed by atoms with Gasteiger partial charge in [-0.2, -0.15) is 5.10 Å². The van der Waals surface area contributed by atoms with E-state index in [1.165, 1.54) is 0 Å². The summed E-state index contributed by atoms with van der Waals surface area (Å²) in [5.41, 5.74) is 3.43. The molecule has 120 valence electrons. The first kappa shape index (κ1) is 17.0. The van der Waals surface area contributed by atoms with E-state index in [9.17, 15) is 9.59 Å². The van der Waals surface area contributed by atoms with Gasteiger partial charge in [-0.3, -0.25) is 9.59 Å². The molecule has 2 N–H and O–H groups in total. The zero-order valence-electron chi connectivity index (χ0n) is 12.5. The van der Waals surface area contributed by atoms with Crippen molar-refractivity contribution in [2.24, 2.45) is 5.10 Å². The molecule has 2 rings (SSSR count). The number of hydrazone groups is 1. The topological polar surface area (TPSA) is 83.7 Å². The lowest BCUT2D eigenvalue weighted by molar-refractivity contribution is -0.120. The smallest absolute Gasteiger partial charge is 0.271 e. The minimum absolute atomic E-state index is 0.0985. The van der Waals surface area contributed by atoms with Gasteiger partial charge < -0.3 is 9.73 Å². The summed E-state index contributed by atoms with van der Waals surface area (Å²) in [5.74, 6) is 0.157. The summed E-state index contributed by atoms with van der Waals surface area (Å²) in [7, 11) is 0. The van der Waals surface area contributed by atoms with Crippen molar-refractivity contribution in [3.8, 4) is 0 Å². The summed E-state index contributed by atoms with van der Waals surface area (Å²) < 4.78 is 6.01. The van der Waals surface area contributed by atoms with Gasteiger partial charge in [0.25, 0.3) is 5.91 Å². The minimum Gasteiger partial charge on any atom is -0.467 e. The van der Waals surface area contributed by atoms with Crippen LogP contribution in [-0.4, -0.2) is 17.5 Å². The zero-order chi connectivity index (χ0) is 16.7. The Kier molecular flexibility index (Phi) is 6.10. The van der Waals surface area contributed by atoms with Gasteiger partial charge in [-0.15, -0.1) is 0 Å². The van der Waals surface area contributed by atoms with Crippen LogP contribution in [-0.2, 0) is 11.3 Å². The van der Waals surface area contributed by atoms with Crippen molar-refractivity contribution >= 4 is 33.5 Å². The fourth-order valence-corrected chi connectivity index (χ4v) is 2.01. The van der Waals surface area contributed by atoms with E-state index in [2.05, 4.69) is 31.8 Å². The standard InChI is InChI=1S/C16H16BrN3O3/c1-11(9-15(21)18-10-14-3-2-8-23-14)19-20-16(22)12-4-6-13(17)7-5-12/h2-8H,9-10H2,1H3,(H,18,21)(H,20,22). The maximum absolute atomic E-state index is 11.9. The number of rotatable bonds is 6. The number of hydrogen-bond donors (Lipinski definition) is 2.